The highest BCUT2D eigenvalue weighted by molar-refractivity contribution is 7.92. The third kappa shape index (κ3) is 2.44. The average Bonchev–Trinajstić information content (AvgIpc) is 2.88. The van der Waals surface area contributed by atoms with Gasteiger partial charge in [0, 0.05) is 6.04 Å². The Labute approximate surface area is 144 Å². The van der Waals surface area contributed by atoms with Crippen LogP contribution >= 0.6 is 0 Å². The van der Waals surface area contributed by atoms with Crippen LogP contribution in [0, 0.1) is 6.92 Å². The summed E-state index contributed by atoms with van der Waals surface area (Å²) in [4.78, 5) is 0.380. The molecule has 0 saturated carbocycles. The molecule has 0 spiro atoms. The monoisotopic (exact) mass is 341 g/mol. The Morgan fingerprint density at radius 1 is 0.958 bits per heavy atom. The van der Waals surface area contributed by atoms with Crippen LogP contribution < -0.4 is 4.31 Å². The normalized spacial score (nSPS) is 19.9. The number of hydrogen-bond donors (Lipinski definition) is 0. The maximum absolute atomic E-state index is 13.2. The van der Waals surface area contributed by atoms with Gasteiger partial charge in [-0.1, -0.05) is 23.8 Å². The molecule has 0 bridgehead atoms. The summed E-state index contributed by atoms with van der Waals surface area (Å²) in [7, 11) is -3.51. The van der Waals surface area contributed by atoms with Crippen LogP contribution in [0.4, 0.5) is 5.69 Å². The second kappa shape index (κ2) is 5.62. The van der Waals surface area contributed by atoms with E-state index < -0.39 is 10.0 Å². The van der Waals surface area contributed by atoms with E-state index in [1.165, 1.54) is 29.5 Å². The first-order valence-corrected chi connectivity index (χ1v) is 10.2. The minimum Gasteiger partial charge on any atom is -0.263 e. The molecule has 4 heteroatoms. The number of sulfonamides is 1. The summed E-state index contributed by atoms with van der Waals surface area (Å²) in [5.74, 6) is 0. The van der Waals surface area contributed by atoms with Crippen molar-refractivity contribution in [1.29, 1.82) is 0 Å². The molecular weight excluding hydrogens is 318 g/mol. The van der Waals surface area contributed by atoms with E-state index in [0.29, 0.717) is 4.90 Å². The summed E-state index contributed by atoms with van der Waals surface area (Å²) in [6, 6.07) is 11.5. The van der Waals surface area contributed by atoms with Gasteiger partial charge in [0.25, 0.3) is 10.0 Å². The predicted molar refractivity (Wildman–Crippen MR) is 97.1 cm³/mol. The lowest BCUT2D eigenvalue weighted by molar-refractivity contribution is 0.584. The van der Waals surface area contributed by atoms with E-state index in [4.69, 9.17) is 0 Å². The standard InChI is InChI=1S/C20H23NO2S/c1-14-7-9-19(10-8-14)24(22,23)21-15(2)11-18-12-16-5-3-4-6-17(16)13-20(18)21/h7-10,12-13,15H,3-6,11H2,1-2H3. The average molecular weight is 341 g/mol. The maximum atomic E-state index is 13.2. The molecule has 1 aliphatic carbocycles. The zero-order chi connectivity index (χ0) is 16.9. The highest BCUT2D eigenvalue weighted by Gasteiger charge is 2.36. The highest BCUT2D eigenvalue weighted by atomic mass is 32.2. The number of benzene rings is 2. The Morgan fingerprint density at radius 3 is 2.25 bits per heavy atom. The summed E-state index contributed by atoms with van der Waals surface area (Å²) in [5.41, 5.74) is 5.89. The lowest BCUT2D eigenvalue weighted by Gasteiger charge is -2.26. The third-order valence-corrected chi connectivity index (χ3v) is 7.22. The van der Waals surface area contributed by atoms with Crippen molar-refractivity contribution in [2.45, 2.75) is 56.9 Å². The summed E-state index contributed by atoms with van der Waals surface area (Å²) < 4.78 is 28.1. The SMILES string of the molecule is Cc1ccc(S(=O)(=O)N2c3cc4c(cc3CC2C)CCCC4)cc1. The minimum absolute atomic E-state index is 0.0323. The molecule has 3 nitrogen and oxygen atoms in total. The van der Waals surface area contributed by atoms with Gasteiger partial charge in [-0.3, -0.25) is 4.31 Å². The minimum atomic E-state index is -3.51. The van der Waals surface area contributed by atoms with E-state index in [0.717, 1.165) is 30.5 Å². The van der Waals surface area contributed by atoms with Crippen LogP contribution in [0.2, 0.25) is 0 Å². The van der Waals surface area contributed by atoms with Crippen LogP contribution in [0.5, 0.6) is 0 Å². The van der Waals surface area contributed by atoms with Crippen LogP contribution in [0.15, 0.2) is 41.3 Å². The number of hydrogen-bond acceptors (Lipinski definition) is 2. The fourth-order valence-electron chi connectivity index (χ4n) is 4.02. The van der Waals surface area contributed by atoms with Crippen molar-refractivity contribution in [2.75, 3.05) is 4.31 Å². The number of anilines is 1. The summed E-state index contributed by atoms with van der Waals surface area (Å²) >= 11 is 0. The molecule has 1 atom stereocenters. The van der Waals surface area contributed by atoms with E-state index in [1.54, 1.807) is 16.4 Å². The van der Waals surface area contributed by atoms with E-state index in [1.807, 2.05) is 26.0 Å². The maximum Gasteiger partial charge on any atom is 0.264 e. The molecular formula is C20H23NO2S. The summed E-state index contributed by atoms with van der Waals surface area (Å²) in [6.45, 7) is 3.97. The Bertz CT molecular complexity index is 885. The van der Waals surface area contributed by atoms with Gasteiger partial charge in [0.2, 0.25) is 0 Å². The van der Waals surface area contributed by atoms with Crippen molar-refractivity contribution in [3.05, 3.63) is 58.7 Å². The molecule has 24 heavy (non-hydrogen) atoms. The molecule has 1 aliphatic heterocycles. The Hall–Kier alpha value is -1.81. The van der Waals surface area contributed by atoms with Crippen molar-refractivity contribution < 1.29 is 8.42 Å². The number of rotatable bonds is 2. The van der Waals surface area contributed by atoms with Gasteiger partial charge in [0.15, 0.2) is 0 Å². The molecule has 2 aromatic rings. The summed E-state index contributed by atoms with van der Waals surface area (Å²) in [6.07, 6.45) is 5.43. The third-order valence-electron chi connectivity index (χ3n) is 5.27. The fraction of sp³-hybridized carbons (Fsp3) is 0.400. The highest BCUT2D eigenvalue weighted by Crippen LogP contribution is 2.40. The van der Waals surface area contributed by atoms with E-state index >= 15 is 0 Å². The van der Waals surface area contributed by atoms with Gasteiger partial charge < -0.3 is 0 Å². The number of fused-ring (bicyclic) bond motifs is 2. The zero-order valence-corrected chi connectivity index (χ0v) is 15.1. The predicted octanol–water partition coefficient (Wildman–Crippen LogP) is 4.01. The molecule has 1 unspecified atom stereocenters. The van der Waals surface area contributed by atoms with Crippen LogP contribution in [-0.4, -0.2) is 14.5 Å². The van der Waals surface area contributed by atoms with Crippen LogP contribution in [0.25, 0.3) is 0 Å². The van der Waals surface area contributed by atoms with E-state index in [9.17, 15) is 8.42 Å². The Balaban J connectivity index is 1.81. The Kier molecular flexibility index (Phi) is 3.68. The second-order valence-corrected chi connectivity index (χ2v) is 8.94. The zero-order valence-electron chi connectivity index (χ0n) is 14.2. The largest absolute Gasteiger partial charge is 0.264 e. The van der Waals surface area contributed by atoms with Crippen molar-refractivity contribution >= 4 is 15.7 Å². The van der Waals surface area contributed by atoms with Crippen molar-refractivity contribution in [2.24, 2.45) is 0 Å². The lowest BCUT2D eigenvalue weighted by Crippen LogP contribution is -2.35. The first-order valence-electron chi connectivity index (χ1n) is 8.72. The van der Waals surface area contributed by atoms with Gasteiger partial charge in [-0.25, -0.2) is 8.42 Å². The molecule has 0 aromatic heterocycles. The molecule has 2 aliphatic rings. The van der Waals surface area contributed by atoms with E-state index in [-0.39, 0.29) is 6.04 Å². The van der Waals surface area contributed by atoms with Crippen LogP contribution in [0.3, 0.4) is 0 Å². The molecule has 126 valence electrons. The Morgan fingerprint density at radius 2 is 1.58 bits per heavy atom. The first kappa shape index (κ1) is 15.7. The molecule has 1 heterocycles. The summed E-state index contributed by atoms with van der Waals surface area (Å²) in [5, 5.41) is 0. The second-order valence-electron chi connectivity index (χ2n) is 7.12. The van der Waals surface area contributed by atoms with Gasteiger partial charge in [-0.15, -0.1) is 0 Å². The van der Waals surface area contributed by atoms with Gasteiger partial charge in [0.1, 0.15) is 0 Å². The molecule has 4 rings (SSSR count). The molecule has 0 radical (unpaired) electrons. The van der Waals surface area contributed by atoms with Gasteiger partial charge in [-0.05, 0) is 80.8 Å². The molecule has 0 N–H and O–H groups in total. The first-order chi connectivity index (χ1) is 11.5. The topological polar surface area (TPSA) is 37.4 Å². The molecule has 0 saturated heterocycles. The molecule has 0 fully saturated rings. The van der Waals surface area contributed by atoms with Crippen molar-refractivity contribution in [3.63, 3.8) is 0 Å². The quantitative estimate of drug-likeness (QED) is 0.827. The van der Waals surface area contributed by atoms with Crippen molar-refractivity contribution in [3.8, 4) is 0 Å². The smallest absolute Gasteiger partial charge is 0.263 e. The van der Waals surface area contributed by atoms with Gasteiger partial charge in [0.05, 0.1) is 10.6 Å². The van der Waals surface area contributed by atoms with E-state index in [2.05, 4.69) is 12.1 Å². The van der Waals surface area contributed by atoms with Gasteiger partial charge >= 0.3 is 0 Å². The van der Waals surface area contributed by atoms with Crippen molar-refractivity contribution in [1.82, 2.24) is 0 Å². The molecule has 0 amide bonds. The molecule has 2 aromatic carbocycles. The van der Waals surface area contributed by atoms with Crippen LogP contribution in [0.1, 0.15) is 42.0 Å². The van der Waals surface area contributed by atoms with Gasteiger partial charge in [-0.2, -0.15) is 0 Å². The number of nitrogens with zero attached hydrogens (tertiary/aromatic N) is 1. The fourth-order valence-corrected chi connectivity index (χ4v) is 5.71. The number of aryl methyl sites for hydroxylation is 3. The lowest BCUT2D eigenvalue weighted by atomic mass is 9.89. The van der Waals surface area contributed by atoms with Crippen LogP contribution in [-0.2, 0) is 29.3 Å².